The lowest BCUT2D eigenvalue weighted by Gasteiger charge is -2.24. The Morgan fingerprint density at radius 1 is 1.18 bits per heavy atom. The highest BCUT2D eigenvalue weighted by molar-refractivity contribution is 7.22. The van der Waals surface area contributed by atoms with Crippen LogP contribution in [0.15, 0.2) is 76.4 Å². The lowest BCUT2D eigenvalue weighted by atomic mass is 9.95. The highest BCUT2D eigenvalue weighted by Crippen LogP contribution is 2.44. The molecular weight excluding hydrogens is 440 g/mol. The summed E-state index contributed by atoms with van der Waals surface area (Å²) >= 11 is 1.29. The first-order valence-corrected chi connectivity index (χ1v) is 11.3. The van der Waals surface area contributed by atoms with Gasteiger partial charge in [-0.1, -0.05) is 41.7 Å². The minimum atomic E-state index is -0.844. The number of ether oxygens (including phenoxy) is 1. The summed E-state index contributed by atoms with van der Waals surface area (Å²) in [6.45, 7) is 4.17. The SMILES string of the molecule is CCOc1ccc2nc(N3C(=O)C(O)=C(C(=O)c4ccc(C)o4)C3c3ccccc3)sc2c1. The highest BCUT2D eigenvalue weighted by atomic mass is 32.1. The fourth-order valence-electron chi connectivity index (χ4n) is 3.93. The molecule has 5 rings (SSSR count). The van der Waals surface area contributed by atoms with Crippen molar-refractivity contribution >= 4 is 38.4 Å². The molecule has 0 bridgehead atoms. The highest BCUT2D eigenvalue weighted by Gasteiger charge is 2.46. The normalized spacial score (nSPS) is 16.1. The Hall–Kier alpha value is -3.91. The third-order valence-corrected chi connectivity index (χ3v) is 6.42. The summed E-state index contributed by atoms with van der Waals surface area (Å²) in [4.78, 5) is 32.6. The summed E-state index contributed by atoms with van der Waals surface area (Å²) in [6, 6.07) is 17.0. The first-order chi connectivity index (χ1) is 16.0. The second-order valence-electron chi connectivity index (χ2n) is 7.55. The molecule has 1 unspecified atom stereocenters. The van der Waals surface area contributed by atoms with E-state index in [-0.39, 0.29) is 11.3 Å². The number of anilines is 1. The number of nitrogens with zero attached hydrogens (tertiary/aromatic N) is 2. The van der Waals surface area contributed by atoms with Crippen molar-refractivity contribution in [1.82, 2.24) is 4.98 Å². The van der Waals surface area contributed by atoms with Crippen LogP contribution in [0.3, 0.4) is 0 Å². The van der Waals surface area contributed by atoms with E-state index in [0.29, 0.717) is 34.3 Å². The van der Waals surface area contributed by atoms with Crippen LogP contribution in [0.2, 0.25) is 0 Å². The van der Waals surface area contributed by atoms with Gasteiger partial charge < -0.3 is 14.3 Å². The van der Waals surface area contributed by atoms with Crippen molar-refractivity contribution in [3.63, 3.8) is 0 Å². The van der Waals surface area contributed by atoms with E-state index in [1.807, 2.05) is 55.5 Å². The molecule has 0 radical (unpaired) electrons. The van der Waals surface area contributed by atoms with Crippen LogP contribution in [0.4, 0.5) is 5.13 Å². The van der Waals surface area contributed by atoms with E-state index in [2.05, 4.69) is 4.98 Å². The summed E-state index contributed by atoms with van der Waals surface area (Å²) < 4.78 is 11.9. The average molecular weight is 461 g/mol. The number of aliphatic hydroxyl groups is 1. The summed E-state index contributed by atoms with van der Waals surface area (Å²) in [5.41, 5.74) is 1.34. The average Bonchev–Trinajstić information content (AvgIpc) is 3.50. The maximum Gasteiger partial charge on any atom is 0.296 e. The van der Waals surface area contributed by atoms with E-state index in [0.717, 1.165) is 4.70 Å². The lowest BCUT2D eigenvalue weighted by molar-refractivity contribution is -0.117. The molecule has 3 heterocycles. The number of hydrogen-bond acceptors (Lipinski definition) is 7. The van der Waals surface area contributed by atoms with E-state index in [9.17, 15) is 14.7 Å². The molecule has 2 aromatic carbocycles. The number of thiazole rings is 1. The van der Waals surface area contributed by atoms with Crippen LogP contribution < -0.4 is 9.64 Å². The van der Waals surface area contributed by atoms with Crippen LogP contribution in [0.25, 0.3) is 10.2 Å². The summed E-state index contributed by atoms with van der Waals surface area (Å²) in [6.07, 6.45) is 0. The molecule has 4 aromatic rings. The Balaban J connectivity index is 1.63. The largest absolute Gasteiger partial charge is 0.503 e. The molecule has 0 aliphatic carbocycles. The van der Waals surface area contributed by atoms with Gasteiger partial charge in [0.1, 0.15) is 11.5 Å². The Bertz CT molecular complexity index is 1400. The van der Waals surface area contributed by atoms with Crippen molar-refractivity contribution in [1.29, 1.82) is 0 Å². The first-order valence-electron chi connectivity index (χ1n) is 10.4. The number of furan rings is 1. The third kappa shape index (κ3) is 3.58. The fourth-order valence-corrected chi connectivity index (χ4v) is 4.95. The van der Waals surface area contributed by atoms with Crippen molar-refractivity contribution < 1.29 is 23.8 Å². The number of aryl methyl sites for hydroxylation is 1. The summed E-state index contributed by atoms with van der Waals surface area (Å²) in [5, 5.41) is 11.2. The Labute approximate surface area is 193 Å². The van der Waals surface area contributed by atoms with Crippen molar-refractivity contribution in [3.05, 3.63) is 89.1 Å². The number of carbonyl (C=O) groups excluding carboxylic acids is 2. The van der Waals surface area contributed by atoms with Crippen LogP contribution >= 0.6 is 11.3 Å². The van der Waals surface area contributed by atoms with Gasteiger partial charge in [-0.2, -0.15) is 0 Å². The number of aliphatic hydroxyl groups excluding tert-OH is 1. The van der Waals surface area contributed by atoms with E-state index >= 15 is 0 Å². The number of Topliss-reactive ketones (excluding diaryl/α,β-unsaturated/α-hetero) is 1. The zero-order chi connectivity index (χ0) is 23.1. The zero-order valence-electron chi connectivity index (χ0n) is 17.9. The molecule has 7 nitrogen and oxygen atoms in total. The van der Waals surface area contributed by atoms with Crippen LogP contribution in [-0.4, -0.2) is 28.4 Å². The second-order valence-corrected chi connectivity index (χ2v) is 8.56. The standard InChI is InChI=1S/C25H20N2O5S/c1-3-31-16-10-11-17-19(13-16)33-25(26-17)27-21(15-7-5-4-6-8-15)20(23(29)24(27)30)22(28)18-12-9-14(2)32-18/h4-13,21,29H,3H2,1-2H3. The summed E-state index contributed by atoms with van der Waals surface area (Å²) in [5.74, 6) is -0.484. The molecule has 1 aliphatic rings. The molecule has 0 spiro atoms. The predicted molar refractivity (Wildman–Crippen MR) is 125 cm³/mol. The third-order valence-electron chi connectivity index (χ3n) is 5.40. The van der Waals surface area contributed by atoms with Gasteiger partial charge in [0.15, 0.2) is 16.7 Å². The van der Waals surface area contributed by atoms with Crippen LogP contribution in [0.5, 0.6) is 5.75 Å². The van der Waals surface area contributed by atoms with E-state index in [1.165, 1.54) is 16.2 Å². The molecule has 1 aliphatic heterocycles. The van der Waals surface area contributed by atoms with Gasteiger partial charge in [0.05, 0.1) is 28.4 Å². The van der Waals surface area contributed by atoms with Crippen LogP contribution in [0, 0.1) is 6.92 Å². The van der Waals surface area contributed by atoms with Crippen molar-refractivity contribution in [2.75, 3.05) is 11.5 Å². The monoisotopic (exact) mass is 460 g/mol. The number of carbonyl (C=O) groups is 2. The molecule has 2 aromatic heterocycles. The van der Waals surface area contributed by atoms with Crippen molar-refractivity contribution in [2.45, 2.75) is 19.9 Å². The van der Waals surface area contributed by atoms with Gasteiger partial charge in [0, 0.05) is 0 Å². The quantitative estimate of drug-likeness (QED) is 0.389. The van der Waals surface area contributed by atoms with E-state index in [4.69, 9.17) is 9.15 Å². The van der Waals surface area contributed by atoms with Crippen molar-refractivity contribution in [3.8, 4) is 5.75 Å². The fraction of sp³-hybridized carbons (Fsp3) is 0.160. The lowest BCUT2D eigenvalue weighted by Crippen LogP contribution is -2.30. The van der Waals surface area contributed by atoms with E-state index in [1.54, 1.807) is 19.1 Å². The zero-order valence-corrected chi connectivity index (χ0v) is 18.8. The number of benzene rings is 2. The van der Waals surface area contributed by atoms with Gasteiger partial charge in [0.2, 0.25) is 5.78 Å². The van der Waals surface area contributed by atoms with Gasteiger partial charge in [-0.3, -0.25) is 14.5 Å². The Morgan fingerprint density at radius 3 is 2.67 bits per heavy atom. The van der Waals surface area contributed by atoms with E-state index < -0.39 is 23.5 Å². The van der Waals surface area contributed by atoms with Gasteiger partial charge in [0.25, 0.3) is 5.91 Å². The van der Waals surface area contributed by atoms with Crippen LogP contribution in [-0.2, 0) is 4.79 Å². The smallest absolute Gasteiger partial charge is 0.296 e. The minimum Gasteiger partial charge on any atom is -0.503 e. The maximum atomic E-state index is 13.3. The first kappa shape index (κ1) is 21.0. The van der Waals surface area contributed by atoms with Crippen molar-refractivity contribution in [2.24, 2.45) is 0 Å². The molecule has 0 saturated heterocycles. The predicted octanol–water partition coefficient (Wildman–Crippen LogP) is 5.38. The number of fused-ring (bicyclic) bond motifs is 1. The number of ketones is 1. The molecule has 0 saturated carbocycles. The molecule has 1 amide bonds. The van der Waals surface area contributed by atoms with Gasteiger partial charge in [-0.25, -0.2) is 4.98 Å². The summed E-state index contributed by atoms with van der Waals surface area (Å²) in [7, 11) is 0. The molecule has 8 heteroatoms. The Morgan fingerprint density at radius 2 is 1.97 bits per heavy atom. The maximum absolute atomic E-state index is 13.3. The topological polar surface area (TPSA) is 92.9 Å². The molecular formula is C25H20N2O5S. The van der Waals surface area contributed by atoms with Crippen LogP contribution in [0.1, 0.15) is 34.8 Å². The number of hydrogen-bond donors (Lipinski definition) is 1. The molecule has 1 N–H and O–H groups in total. The minimum absolute atomic E-state index is 0.0326. The second kappa shape index (κ2) is 8.22. The molecule has 33 heavy (non-hydrogen) atoms. The number of rotatable bonds is 6. The van der Waals surface area contributed by atoms with Gasteiger partial charge in [-0.15, -0.1) is 0 Å². The number of amides is 1. The van der Waals surface area contributed by atoms with Gasteiger partial charge in [-0.05, 0) is 49.7 Å². The number of aromatic nitrogens is 1. The Kier molecular flexibility index (Phi) is 5.22. The molecule has 166 valence electrons. The molecule has 1 atom stereocenters. The van der Waals surface area contributed by atoms with Gasteiger partial charge >= 0.3 is 0 Å². The molecule has 0 fully saturated rings.